The van der Waals surface area contributed by atoms with E-state index in [-0.39, 0.29) is 35.3 Å². The topological polar surface area (TPSA) is 79.8 Å². The maximum absolute atomic E-state index is 11.6. The van der Waals surface area contributed by atoms with E-state index in [4.69, 9.17) is 9.73 Å². The van der Waals surface area contributed by atoms with Crippen molar-refractivity contribution in [1.29, 1.82) is 0 Å². The fraction of sp³-hybridized carbons (Fsp3) is 0.944. The van der Waals surface area contributed by atoms with Crippen LogP contribution in [0, 0.1) is 11.3 Å². The Hall–Kier alpha value is -0.0900. The van der Waals surface area contributed by atoms with Crippen molar-refractivity contribution < 1.29 is 13.2 Å². The molecular formula is C18H36IN3O3S. The normalized spacial score (nSPS) is 24.2. The Morgan fingerprint density at radius 3 is 2.54 bits per heavy atom. The first-order valence-electron chi connectivity index (χ1n) is 9.79. The number of ether oxygens (including phenoxy) is 1. The van der Waals surface area contributed by atoms with Gasteiger partial charge in [-0.2, -0.15) is 0 Å². The first-order chi connectivity index (χ1) is 12.0. The van der Waals surface area contributed by atoms with Gasteiger partial charge >= 0.3 is 0 Å². The van der Waals surface area contributed by atoms with Gasteiger partial charge in [0.05, 0.1) is 11.5 Å². The van der Waals surface area contributed by atoms with E-state index in [1.807, 2.05) is 6.92 Å². The zero-order valence-electron chi connectivity index (χ0n) is 16.3. The Morgan fingerprint density at radius 2 is 1.96 bits per heavy atom. The summed E-state index contributed by atoms with van der Waals surface area (Å²) < 4.78 is 28.8. The van der Waals surface area contributed by atoms with Crippen LogP contribution in [-0.2, 0) is 14.6 Å². The monoisotopic (exact) mass is 501 g/mol. The van der Waals surface area contributed by atoms with Crippen LogP contribution in [0.4, 0.5) is 0 Å². The second-order valence-electron chi connectivity index (χ2n) is 7.50. The lowest BCUT2D eigenvalue weighted by Crippen LogP contribution is -2.41. The van der Waals surface area contributed by atoms with E-state index in [1.54, 1.807) is 0 Å². The summed E-state index contributed by atoms with van der Waals surface area (Å²) in [5, 5.41) is 6.65. The van der Waals surface area contributed by atoms with E-state index < -0.39 is 9.84 Å². The maximum atomic E-state index is 11.6. The summed E-state index contributed by atoms with van der Waals surface area (Å²) in [6.45, 7) is 7.98. The van der Waals surface area contributed by atoms with Gasteiger partial charge in [-0.05, 0) is 50.9 Å². The zero-order valence-corrected chi connectivity index (χ0v) is 19.4. The van der Waals surface area contributed by atoms with Gasteiger partial charge in [-0.15, -0.1) is 24.0 Å². The van der Waals surface area contributed by atoms with E-state index in [0.717, 1.165) is 45.1 Å². The van der Waals surface area contributed by atoms with Crippen molar-refractivity contribution in [2.45, 2.75) is 52.4 Å². The first-order valence-corrected chi connectivity index (χ1v) is 11.6. The highest BCUT2D eigenvalue weighted by Crippen LogP contribution is 2.41. The van der Waals surface area contributed by atoms with E-state index >= 15 is 0 Å². The lowest BCUT2D eigenvalue weighted by atomic mass is 9.83. The number of aliphatic imine (C=N–C) groups is 1. The van der Waals surface area contributed by atoms with Crippen molar-refractivity contribution in [3.8, 4) is 0 Å². The Labute approximate surface area is 176 Å². The molecule has 0 amide bonds. The van der Waals surface area contributed by atoms with Gasteiger partial charge in [0, 0.05) is 32.8 Å². The van der Waals surface area contributed by atoms with Crippen LogP contribution >= 0.6 is 24.0 Å². The third kappa shape index (κ3) is 7.88. The average molecular weight is 501 g/mol. The highest BCUT2D eigenvalue weighted by Gasteiger charge is 2.33. The number of hydrogen-bond acceptors (Lipinski definition) is 4. The molecule has 1 aliphatic heterocycles. The third-order valence-corrected chi connectivity index (χ3v) is 7.28. The van der Waals surface area contributed by atoms with Crippen LogP contribution in [0.1, 0.15) is 52.4 Å². The SMILES string of the molecule is CCNC(=NCC1(CCOCC)CCCC1)NCC1CCS(=O)(=O)C1.I. The van der Waals surface area contributed by atoms with E-state index in [0.29, 0.717) is 18.1 Å². The Kier molecular flexibility index (Phi) is 10.8. The molecule has 2 N–H and O–H groups in total. The third-order valence-electron chi connectivity index (χ3n) is 5.45. The van der Waals surface area contributed by atoms with E-state index in [1.165, 1.54) is 25.7 Å². The molecule has 0 aromatic heterocycles. The number of nitrogens with one attached hydrogen (secondary N) is 2. The number of halogens is 1. The lowest BCUT2D eigenvalue weighted by molar-refractivity contribution is 0.107. The molecule has 1 saturated heterocycles. The van der Waals surface area contributed by atoms with Gasteiger partial charge in [0.1, 0.15) is 0 Å². The molecule has 1 saturated carbocycles. The molecule has 0 aromatic rings. The number of sulfone groups is 1. The quantitative estimate of drug-likeness (QED) is 0.220. The molecule has 0 aromatic carbocycles. The van der Waals surface area contributed by atoms with Gasteiger partial charge < -0.3 is 15.4 Å². The van der Waals surface area contributed by atoms with Crippen LogP contribution in [-0.4, -0.2) is 58.7 Å². The number of guanidine groups is 1. The number of nitrogens with zero attached hydrogens (tertiary/aromatic N) is 1. The molecule has 1 heterocycles. The summed E-state index contributed by atoms with van der Waals surface area (Å²) in [7, 11) is -2.82. The maximum Gasteiger partial charge on any atom is 0.191 e. The van der Waals surface area contributed by atoms with E-state index in [2.05, 4.69) is 17.6 Å². The predicted molar refractivity (Wildman–Crippen MR) is 118 cm³/mol. The molecule has 2 fully saturated rings. The number of rotatable bonds is 9. The highest BCUT2D eigenvalue weighted by atomic mass is 127. The van der Waals surface area contributed by atoms with E-state index in [9.17, 15) is 8.42 Å². The van der Waals surface area contributed by atoms with Gasteiger partial charge in [0.2, 0.25) is 0 Å². The largest absolute Gasteiger partial charge is 0.382 e. The molecular weight excluding hydrogens is 465 g/mol. The predicted octanol–water partition coefficient (Wildman–Crippen LogP) is 2.58. The van der Waals surface area contributed by atoms with Crippen LogP contribution in [0.2, 0.25) is 0 Å². The molecule has 154 valence electrons. The second kappa shape index (κ2) is 11.7. The summed E-state index contributed by atoms with van der Waals surface area (Å²) in [6.07, 6.45) is 6.85. The standard InChI is InChI=1S/C18H35N3O3S.HI/c1-3-19-17(20-13-16-7-12-25(22,23)14-16)21-15-18(8-5-6-9-18)10-11-24-4-2;/h16H,3-15H2,1-2H3,(H2,19,20,21);1H. The molecule has 2 rings (SSSR count). The van der Waals surface area contributed by atoms with Crippen molar-refractivity contribution >= 4 is 39.8 Å². The second-order valence-corrected chi connectivity index (χ2v) is 9.73. The summed E-state index contributed by atoms with van der Waals surface area (Å²) in [4.78, 5) is 4.83. The molecule has 0 radical (unpaired) electrons. The highest BCUT2D eigenvalue weighted by molar-refractivity contribution is 14.0. The molecule has 26 heavy (non-hydrogen) atoms. The van der Waals surface area contributed by atoms with Crippen LogP contribution < -0.4 is 10.6 Å². The molecule has 0 spiro atoms. The van der Waals surface area contributed by atoms with Crippen molar-refractivity contribution in [3.63, 3.8) is 0 Å². The molecule has 0 bridgehead atoms. The van der Waals surface area contributed by atoms with Crippen molar-refractivity contribution in [1.82, 2.24) is 10.6 Å². The van der Waals surface area contributed by atoms with Gasteiger partial charge in [-0.1, -0.05) is 12.8 Å². The summed E-state index contributed by atoms with van der Waals surface area (Å²) in [5.74, 6) is 1.65. The Bertz CT molecular complexity index is 534. The molecule has 1 unspecified atom stereocenters. The number of hydrogen-bond donors (Lipinski definition) is 2. The first kappa shape index (κ1) is 23.9. The van der Waals surface area contributed by atoms with Crippen molar-refractivity contribution in [2.75, 3.05) is 44.4 Å². The fourth-order valence-electron chi connectivity index (χ4n) is 3.91. The van der Waals surface area contributed by atoms with Gasteiger partial charge in [-0.25, -0.2) is 8.42 Å². The summed E-state index contributed by atoms with van der Waals surface area (Å²) in [6, 6.07) is 0. The van der Waals surface area contributed by atoms with Crippen LogP contribution in [0.15, 0.2) is 4.99 Å². The van der Waals surface area contributed by atoms with Crippen molar-refractivity contribution in [3.05, 3.63) is 0 Å². The molecule has 6 nitrogen and oxygen atoms in total. The van der Waals surface area contributed by atoms with Gasteiger partial charge in [-0.3, -0.25) is 4.99 Å². The van der Waals surface area contributed by atoms with Gasteiger partial charge in [0.15, 0.2) is 15.8 Å². The Balaban J connectivity index is 0.00000338. The minimum Gasteiger partial charge on any atom is -0.382 e. The van der Waals surface area contributed by atoms with Crippen LogP contribution in [0.5, 0.6) is 0 Å². The minimum absolute atomic E-state index is 0. The fourth-order valence-corrected chi connectivity index (χ4v) is 5.77. The molecule has 1 atom stereocenters. The Morgan fingerprint density at radius 1 is 1.23 bits per heavy atom. The lowest BCUT2D eigenvalue weighted by Gasteiger charge is -2.27. The molecule has 2 aliphatic rings. The summed E-state index contributed by atoms with van der Waals surface area (Å²) in [5.41, 5.74) is 0.272. The zero-order chi connectivity index (χ0) is 18.2. The smallest absolute Gasteiger partial charge is 0.191 e. The van der Waals surface area contributed by atoms with Crippen molar-refractivity contribution in [2.24, 2.45) is 16.3 Å². The minimum atomic E-state index is -2.82. The van der Waals surface area contributed by atoms with Crippen LogP contribution in [0.25, 0.3) is 0 Å². The molecule has 8 heteroatoms. The molecule has 1 aliphatic carbocycles. The van der Waals surface area contributed by atoms with Crippen LogP contribution in [0.3, 0.4) is 0 Å². The summed E-state index contributed by atoms with van der Waals surface area (Å²) >= 11 is 0. The van der Waals surface area contributed by atoms with Gasteiger partial charge in [0.25, 0.3) is 0 Å². The average Bonchev–Trinajstić information content (AvgIpc) is 3.17.